The molecule has 160 valence electrons. The van der Waals surface area contributed by atoms with Gasteiger partial charge in [0.05, 0.1) is 25.5 Å². The molecule has 6 heteroatoms. The highest BCUT2D eigenvalue weighted by atomic mass is 35.5. The van der Waals surface area contributed by atoms with Gasteiger partial charge in [-0.05, 0) is 41.5 Å². The summed E-state index contributed by atoms with van der Waals surface area (Å²) in [6.45, 7) is 6.21. The fraction of sp³-hybridized carbons (Fsp3) is 0.280. The largest absolute Gasteiger partial charge is 0.379 e. The first-order valence-electron chi connectivity index (χ1n) is 10.8. The first-order chi connectivity index (χ1) is 15.2. The Hall–Kier alpha value is -2.73. The summed E-state index contributed by atoms with van der Waals surface area (Å²) < 4.78 is 5.45. The van der Waals surface area contributed by atoms with Crippen molar-refractivity contribution in [1.29, 1.82) is 0 Å². The van der Waals surface area contributed by atoms with Crippen LogP contribution in [0.2, 0.25) is 5.02 Å². The van der Waals surface area contributed by atoms with Gasteiger partial charge < -0.3 is 19.9 Å². The van der Waals surface area contributed by atoms with Gasteiger partial charge in [0.2, 0.25) is 0 Å². The van der Waals surface area contributed by atoms with Crippen molar-refractivity contribution in [3.63, 3.8) is 0 Å². The van der Waals surface area contributed by atoms with Crippen LogP contribution >= 0.6 is 11.6 Å². The monoisotopic (exact) mass is 434 g/mol. The van der Waals surface area contributed by atoms with E-state index in [2.05, 4.69) is 62.7 Å². The van der Waals surface area contributed by atoms with E-state index in [1.54, 1.807) is 0 Å². The Balaban J connectivity index is 1.31. The predicted molar refractivity (Wildman–Crippen MR) is 126 cm³/mol. The molecule has 2 N–H and O–H groups in total. The van der Waals surface area contributed by atoms with Crippen molar-refractivity contribution in [2.24, 2.45) is 0 Å². The van der Waals surface area contributed by atoms with Gasteiger partial charge in [0.25, 0.3) is 0 Å². The molecular formula is C25H27ClN4O. The number of rotatable bonds is 6. The summed E-state index contributed by atoms with van der Waals surface area (Å²) in [6.07, 6.45) is 4.21. The molecule has 31 heavy (non-hydrogen) atoms. The Labute approximate surface area is 188 Å². The summed E-state index contributed by atoms with van der Waals surface area (Å²) in [6, 6.07) is 19.0. The average molecular weight is 435 g/mol. The van der Waals surface area contributed by atoms with Gasteiger partial charge in [-0.2, -0.15) is 0 Å². The second-order valence-electron chi connectivity index (χ2n) is 8.08. The van der Waals surface area contributed by atoms with Gasteiger partial charge in [0, 0.05) is 60.5 Å². The molecule has 2 aliphatic rings. The minimum Gasteiger partial charge on any atom is -0.379 e. The number of anilines is 1. The smallest absolute Gasteiger partial charge is 0.0634 e. The van der Waals surface area contributed by atoms with Gasteiger partial charge in [-0.1, -0.05) is 35.9 Å². The number of hydrogen-bond donors (Lipinski definition) is 2. The molecule has 1 aromatic heterocycles. The van der Waals surface area contributed by atoms with Crippen LogP contribution in [0.3, 0.4) is 0 Å². The number of halogens is 1. The number of H-pyrrole nitrogens is 1. The van der Waals surface area contributed by atoms with E-state index in [0.717, 1.165) is 62.2 Å². The molecule has 0 amide bonds. The number of benzene rings is 2. The zero-order valence-corrected chi connectivity index (χ0v) is 18.2. The van der Waals surface area contributed by atoms with E-state index in [1.165, 1.54) is 22.5 Å². The first-order valence-corrected chi connectivity index (χ1v) is 11.1. The lowest BCUT2D eigenvalue weighted by molar-refractivity contribution is 0.0342. The van der Waals surface area contributed by atoms with E-state index in [1.807, 2.05) is 24.4 Å². The maximum Gasteiger partial charge on any atom is 0.0634 e. The molecule has 2 aliphatic heterocycles. The summed E-state index contributed by atoms with van der Waals surface area (Å²) in [5, 5.41) is 4.36. The minimum absolute atomic E-state index is 0.726. The highest BCUT2D eigenvalue weighted by Crippen LogP contribution is 2.29. The minimum atomic E-state index is 0.726. The topological polar surface area (TPSA) is 43.5 Å². The summed E-state index contributed by atoms with van der Waals surface area (Å²) in [5.41, 5.74) is 7.24. The molecule has 0 unspecified atom stereocenters. The molecule has 5 nitrogen and oxygen atoms in total. The lowest BCUT2D eigenvalue weighted by Gasteiger charge is -2.29. The number of aromatic amines is 1. The van der Waals surface area contributed by atoms with Gasteiger partial charge in [0.15, 0.2) is 0 Å². The quantitative estimate of drug-likeness (QED) is 0.594. The highest BCUT2D eigenvalue weighted by molar-refractivity contribution is 6.30. The summed E-state index contributed by atoms with van der Waals surface area (Å²) in [4.78, 5) is 8.13. The van der Waals surface area contributed by atoms with Crippen molar-refractivity contribution < 1.29 is 4.74 Å². The van der Waals surface area contributed by atoms with Crippen molar-refractivity contribution in [3.8, 4) is 0 Å². The van der Waals surface area contributed by atoms with Crippen LogP contribution in [0.5, 0.6) is 0 Å². The molecule has 0 spiro atoms. The van der Waals surface area contributed by atoms with Gasteiger partial charge in [-0.3, -0.25) is 4.90 Å². The molecule has 3 aromatic rings. The Morgan fingerprint density at radius 1 is 1.00 bits per heavy atom. The number of ether oxygens (including phenoxy) is 1. The molecule has 1 saturated heterocycles. The van der Waals surface area contributed by atoms with E-state index in [9.17, 15) is 0 Å². The van der Waals surface area contributed by atoms with Crippen LogP contribution in [-0.2, 0) is 24.4 Å². The van der Waals surface area contributed by atoms with Crippen LogP contribution in [0.15, 0.2) is 67.0 Å². The molecular weight excluding hydrogens is 408 g/mol. The summed E-state index contributed by atoms with van der Waals surface area (Å²) in [5.74, 6) is 0. The SMILES string of the molecule is Clc1cccc(CNC2=CN(c3ccc(CN4CCOCC4)cc3)Cc3[nH]ccc32)c1. The standard InChI is InChI=1S/C25H27ClN4O/c26-21-3-1-2-20(14-21)15-28-25-18-30(17-24-23(25)8-9-27-24)22-6-4-19(5-7-22)16-29-10-12-31-13-11-29/h1-9,14,18,27-28H,10-13,15-17H2. The van der Waals surface area contributed by atoms with E-state index in [-0.39, 0.29) is 0 Å². The molecule has 0 aliphatic carbocycles. The number of nitrogens with zero attached hydrogens (tertiary/aromatic N) is 2. The van der Waals surface area contributed by atoms with Crippen LogP contribution < -0.4 is 10.2 Å². The maximum absolute atomic E-state index is 6.14. The van der Waals surface area contributed by atoms with Crippen LogP contribution in [0.1, 0.15) is 22.4 Å². The van der Waals surface area contributed by atoms with Crippen LogP contribution in [0.25, 0.3) is 5.70 Å². The van der Waals surface area contributed by atoms with Crippen molar-refractivity contribution in [1.82, 2.24) is 15.2 Å². The summed E-state index contributed by atoms with van der Waals surface area (Å²) in [7, 11) is 0. The van der Waals surface area contributed by atoms with Gasteiger partial charge in [-0.25, -0.2) is 0 Å². The Kier molecular flexibility index (Phi) is 5.98. The second-order valence-corrected chi connectivity index (χ2v) is 8.52. The Bertz CT molecular complexity index is 1050. The third-order valence-corrected chi connectivity index (χ3v) is 6.12. The molecule has 1 fully saturated rings. The third-order valence-electron chi connectivity index (χ3n) is 5.89. The van der Waals surface area contributed by atoms with Crippen molar-refractivity contribution in [2.75, 3.05) is 31.2 Å². The average Bonchev–Trinajstić information content (AvgIpc) is 3.28. The lowest BCUT2D eigenvalue weighted by Crippen LogP contribution is -2.35. The molecule has 0 radical (unpaired) electrons. The number of fused-ring (bicyclic) bond motifs is 1. The second kappa shape index (κ2) is 9.18. The molecule has 0 bridgehead atoms. The lowest BCUT2D eigenvalue weighted by atomic mass is 10.1. The van der Waals surface area contributed by atoms with Gasteiger partial charge in [0.1, 0.15) is 0 Å². The predicted octanol–water partition coefficient (Wildman–Crippen LogP) is 4.61. The highest BCUT2D eigenvalue weighted by Gasteiger charge is 2.19. The molecule has 3 heterocycles. The van der Waals surface area contributed by atoms with E-state index < -0.39 is 0 Å². The van der Waals surface area contributed by atoms with Gasteiger partial charge >= 0.3 is 0 Å². The fourth-order valence-electron chi connectivity index (χ4n) is 4.19. The van der Waals surface area contributed by atoms with E-state index in [0.29, 0.717) is 0 Å². The Morgan fingerprint density at radius 2 is 1.84 bits per heavy atom. The molecule has 2 aromatic carbocycles. The maximum atomic E-state index is 6.14. The zero-order valence-electron chi connectivity index (χ0n) is 17.5. The van der Waals surface area contributed by atoms with Crippen molar-refractivity contribution >= 4 is 23.0 Å². The summed E-state index contributed by atoms with van der Waals surface area (Å²) >= 11 is 6.14. The molecule has 0 saturated carbocycles. The first kappa shape index (κ1) is 20.2. The zero-order chi connectivity index (χ0) is 21.0. The van der Waals surface area contributed by atoms with E-state index >= 15 is 0 Å². The number of morpholine rings is 1. The van der Waals surface area contributed by atoms with Crippen LogP contribution in [0, 0.1) is 0 Å². The molecule has 0 atom stereocenters. The van der Waals surface area contributed by atoms with Crippen LogP contribution in [0.4, 0.5) is 5.69 Å². The fourth-order valence-corrected chi connectivity index (χ4v) is 4.40. The number of aromatic nitrogens is 1. The Morgan fingerprint density at radius 3 is 2.65 bits per heavy atom. The van der Waals surface area contributed by atoms with Crippen molar-refractivity contribution in [3.05, 3.63) is 94.4 Å². The number of hydrogen-bond acceptors (Lipinski definition) is 4. The third kappa shape index (κ3) is 4.79. The van der Waals surface area contributed by atoms with E-state index in [4.69, 9.17) is 16.3 Å². The normalized spacial score (nSPS) is 16.7. The van der Waals surface area contributed by atoms with Crippen LogP contribution in [-0.4, -0.2) is 36.2 Å². The molecule has 5 rings (SSSR count). The number of nitrogens with one attached hydrogen (secondary N) is 2. The van der Waals surface area contributed by atoms with Gasteiger partial charge in [-0.15, -0.1) is 0 Å². The van der Waals surface area contributed by atoms with Crippen molar-refractivity contribution in [2.45, 2.75) is 19.6 Å².